The molecule has 58 valence electrons. The number of hydrogen-bond acceptors (Lipinski definition) is 2. The predicted molar refractivity (Wildman–Crippen MR) is 45.4 cm³/mol. The summed E-state index contributed by atoms with van der Waals surface area (Å²) in [6.45, 7) is 0. The number of nitrogens with zero attached hydrogens (tertiary/aromatic N) is 2. The molecule has 2 rings (SSSR count). The van der Waals surface area contributed by atoms with E-state index in [1.165, 1.54) is 0 Å². The first-order valence-electron chi connectivity index (χ1n) is 3.69. The molecule has 0 amide bonds. The van der Waals surface area contributed by atoms with Crippen molar-refractivity contribution in [2.24, 2.45) is 0 Å². The largest absolute Gasteiger partial charge is 0.360 e. The third-order valence-electron chi connectivity index (χ3n) is 1.84. The van der Waals surface area contributed by atoms with E-state index in [-0.39, 0.29) is 0 Å². The van der Waals surface area contributed by atoms with Crippen LogP contribution in [0.15, 0.2) is 24.7 Å². The Morgan fingerprint density at radius 2 is 2.50 bits per heavy atom. The summed E-state index contributed by atoms with van der Waals surface area (Å²) in [5.41, 5.74) is 2.03. The van der Waals surface area contributed by atoms with Gasteiger partial charge in [0.05, 0.1) is 24.2 Å². The van der Waals surface area contributed by atoms with Crippen LogP contribution < -0.4 is 0 Å². The van der Waals surface area contributed by atoms with Gasteiger partial charge in [-0.15, -0.1) is 0 Å². The fraction of sp³-hybridized carbons (Fsp3) is 0.111. The standard InChI is InChI=1S/C9H7N3/c10-3-1-7-5-12-9-6-11-4-2-8(7)9/h2,4-6,12H,1H2. The van der Waals surface area contributed by atoms with Crippen molar-refractivity contribution < 1.29 is 0 Å². The Kier molecular flexibility index (Phi) is 1.52. The second-order valence-corrected chi connectivity index (χ2v) is 2.57. The molecule has 0 atom stereocenters. The van der Waals surface area contributed by atoms with E-state index in [1.54, 1.807) is 12.4 Å². The van der Waals surface area contributed by atoms with Crippen LogP contribution in [0.4, 0.5) is 0 Å². The molecule has 0 radical (unpaired) electrons. The van der Waals surface area contributed by atoms with Crippen molar-refractivity contribution in [1.29, 1.82) is 5.26 Å². The van der Waals surface area contributed by atoms with E-state index in [1.807, 2.05) is 12.3 Å². The quantitative estimate of drug-likeness (QED) is 0.684. The highest BCUT2D eigenvalue weighted by Gasteiger charge is 2.00. The van der Waals surface area contributed by atoms with Gasteiger partial charge in [0.25, 0.3) is 0 Å². The normalized spacial score (nSPS) is 9.92. The minimum atomic E-state index is 0.448. The molecule has 3 heteroatoms. The molecule has 0 spiro atoms. The molecule has 0 saturated carbocycles. The Hall–Kier alpha value is -1.82. The van der Waals surface area contributed by atoms with Crippen LogP contribution in [0.1, 0.15) is 5.56 Å². The van der Waals surface area contributed by atoms with Crippen molar-refractivity contribution >= 4 is 10.9 Å². The van der Waals surface area contributed by atoms with Crippen molar-refractivity contribution in [1.82, 2.24) is 9.97 Å². The summed E-state index contributed by atoms with van der Waals surface area (Å²) in [5.74, 6) is 0. The minimum absolute atomic E-state index is 0.448. The second kappa shape index (κ2) is 2.67. The van der Waals surface area contributed by atoms with Crippen molar-refractivity contribution in [3.63, 3.8) is 0 Å². The molecule has 0 unspecified atom stereocenters. The monoisotopic (exact) mass is 157 g/mol. The molecular weight excluding hydrogens is 150 g/mol. The van der Waals surface area contributed by atoms with Crippen molar-refractivity contribution in [3.8, 4) is 6.07 Å². The van der Waals surface area contributed by atoms with Gasteiger partial charge in [0.2, 0.25) is 0 Å². The molecule has 2 aromatic rings. The van der Waals surface area contributed by atoms with E-state index < -0.39 is 0 Å². The summed E-state index contributed by atoms with van der Waals surface area (Å²) in [7, 11) is 0. The molecule has 1 N–H and O–H groups in total. The van der Waals surface area contributed by atoms with Crippen molar-refractivity contribution in [2.75, 3.05) is 0 Å². The number of nitrogens with one attached hydrogen (secondary N) is 1. The molecule has 0 bridgehead atoms. The molecule has 0 aliphatic rings. The highest BCUT2D eigenvalue weighted by atomic mass is 14.7. The van der Waals surface area contributed by atoms with Crippen LogP contribution in [0, 0.1) is 11.3 Å². The number of hydrogen-bond donors (Lipinski definition) is 1. The lowest BCUT2D eigenvalue weighted by Gasteiger charge is -1.89. The lowest BCUT2D eigenvalue weighted by atomic mass is 10.2. The summed E-state index contributed by atoms with van der Waals surface area (Å²) in [6, 6.07) is 4.04. The molecule has 0 aromatic carbocycles. The van der Waals surface area contributed by atoms with E-state index in [0.717, 1.165) is 16.5 Å². The Balaban J connectivity index is 2.64. The second-order valence-electron chi connectivity index (χ2n) is 2.57. The molecule has 0 fully saturated rings. The molecular formula is C9H7N3. The van der Waals surface area contributed by atoms with Crippen molar-refractivity contribution in [3.05, 3.63) is 30.2 Å². The Morgan fingerprint density at radius 3 is 3.33 bits per heavy atom. The average Bonchev–Trinajstić information content (AvgIpc) is 2.50. The average molecular weight is 157 g/mol. The van der Waals surface area contributed by atoms with E-state index in [4.69, 9.17) is 5.26 Å². The Labute approximate surface area is 69.7 Å². The molecule has 0 aliphatic heterocycles. The molecule has 3 nitrogen and oxygen atoms in total. The zero-order chi connectivity index (χ0) is 8.39. The van der Waals surface area contributed by atoms with Crippen LogP contribution in [0.3, 0.4) is 0 Å². The summed E-state index contributed by atoms with van der Waals surface area (Å²) in [5, 5.41) is 9.61. The number of fused-ring (bicyclic) bond motifs is 1. The SMILES string of the molecule is N#CCc1c[nH]c2cnccc12. The van der Waals surface area contributed by atoms with Gasteiger partial charge in [-0.2, -0.15) is 5.26 Å². The number of rotatable bonds is 1. The van der Waals surface area contributed by atoms with E-state index in [2.05, 4.69) is 16.0 Å². The Morgan fingerprint density at radius 1 is 1.58 bits per heavy atom. The number of pyridine rings is 1. The fourth-order valence-corrected chi connectivity index (χ4v) is 1.26. The Bertz CT molecular complexity index is 436. The first-order valence-corrected chi connectivity index (χ1v) is 3.69. The van der Waals surface area contributed by atoms with Crippen LogP contribution in [0.25, 0.3) is 10.9 Å². The van der Waals surface area contributed by atoms with Gasteiger partial charge in [0.15, 0.2) is 0 Å². The predicted octanol–water partition coefficient (Wildman–Crippen LogP) is 1.63. The summed E-state index contributed by atoms with van der Waals surface area (Å²) in [6.07, 6.45) is 5.80. The van der Waals surface area contributed by atoms with Gasteiger partial charge in [-0.1, -0.05) is 0 Å². The van der Waals surface area contributed by atoms with Gasteiger partial charge < -0.3 is 4.98 Å². The number of H-pyrrole nitrogens is 1. The molecule has 0 aliphatic carbocycles. The van der Waals surface area contributed by atoms with Gasteiger partial charge in [0.1, 0.15) is 0 Å². The van der Waals surface area contributed by atoms with E-state index in [0.29, 0.717) is 6.42 Å². The minimum Gasteiger partial charge on any atom is -0.360 e. The van der Waals surface area contributed by atoms with Gasteiger partial charge in [0, 0.05) is 17.8 Å². The third-order valence-corrected chi connectivity index (χ3v) is 1.84. The fourth-order valence-electron chi connectivity index (χ4n) is 1.26. The van der Waals surface area contributed by atoms with Gasteiger partial charge in [-0.05, 0) is 11.6 Å². The van der Waals surface area contributed by atoms with E-state index >= 15 is 0 Å². The maximum atomic E-state index is 8.52. The number of aromatic amines is 1. The number of aromatic nitrogens is 2. The van der Waals surface area contributed by atoms with Gasteiger partial charge >= 0.3 is 0 Å². The van der Waals surface area contributed by atoms with Crippen LogP contribution in [0.5, 0.6) is 0 Å². The zero-order valence-corrected chi connectivity index (χ0v) is 6.41. The van der Waals surface area contributed by atoms with E-state index in [9.17, 15) is 0 Å². The molecule has 0 saturated heterocycles. The summed E-state index contributed by atoms with van der Waals surface area (Å²) >= 11 is 0. The van der Waals surface area contributed by atoms with Gasteiger partial charge in [-0.25, -0.2) is 0 Å². The first-order chi connectivity index (χ1) is 5.92. The molecule has 2 aromatic heterocycles. The van der Waals surface area contributed by atoms with Crippen molar-refractivity contribution in [2.45, 2.75) is 6.42 Å². The van der Waals surface area contributed by atoms with Gasteiger partial charge in [-0.3, -0.25) is 4.98 Å². The molecule has 2 heterocycles. The smallest absolute Gasteiger partial charge is 0.0670 e. The highest BCUT2D eigenvalue weighted by molar-refractivity contribution is 5.82. The maximum absolute atomic E-state index is 8.52. The first kappa shape index (κ1) is 6.86. The topological polar surface area (TPSA) is 52.5 Å². The van der Waals surface area contributed by atoms with Crippen LogP contribution >= 0.6 is 0 Å². The van der Waals surface area contributed by atoms with Crippen LogP contribution in [-0.4, -0.2) is 9.97 Å². The lowest BCUT2D eigenvalue weighted by molar-refractivity contribution is 1.28. The highest BCUT2D eigenvalue weighted by Crippen LogP contribution is 2.16. The van der Waals surface area contributed by atoms with Crippen LogP contribution in [-0.2, 0) is 6.42 Å². The lowest BCUT2D eigenvalue weighted by Crippen LogP contribution is -1.77. The van der Waals surface area contributed by atoms with Crippen LogP contribution in [0.2, 0.25) is 0 Å². The third kappa shape index (κ3) is 0.940. The zero-order valence-electron chi connectivity index (χ0n) is 6.41. The molecule has 12 heavy (non-hydrogen) atoms. The maximum Gasteiger partial charge on any atom is 0.0670 e. The summed E-state index contributed by atoms with van der Waals surface area (Å²) in [4.78, 5) is 7.03. The summed E-state index contributed by atoms with van der Waals surface area (Å²) < 4.78 is 0. The number of nitriles is 1.